The summed E-state index contributed by atoms with van der Waals surface area (Å²) in [5, 5.41) is 3.34. The largest absolute Gasteiger partial charge is 0.335 e. The Hall–Kier alpha value is -1.66. The normalized spacial score (nSPS) is 28.0. The van der Waals surface area contributed by atoms with Crippen LogP contribution in [0.4, 0.5) is 4.79 Å². The zero-order chi connectivity index (χ0) is 21.4. The lowest BCUT2D eigenvalue weighted by atomic mass is 9.77. The number of carbonyl (C=O) groups is 2. The van der Waals surface area contributed by atoms with Crippen molar-refractivity contribution in [2.24, 2.45) is 11.8 Å². The molecule has 2 amide bonds. The molecule has 0 unspecified atom stereocenters. The van der Waals surface area contributed by atoms with Crippen LogP contribution < -0.4 is 5.32 Å². The Bertz CT molecular complexity index is 856. The van der Waals surface area contributed by atoms with Crippen molar-refractivity contribution in [1.82, 2.24) is 10.2 Å². The molecule has 2 fully saturated rings. The van der Waals surface area contributed by atoms with E-state index in [0.717, 1.165) is 22.6 Å². The minimum absolute atomic E-state index is 0.0137. The Balaban J connectivity index is 1.75. The van der Waals surface area contributed by atoms with Crippen LogP contribution in [0.3, 0.4) is 0 Å². The van der Waals surface area contributed by atoms with Crippen molar-refractivity contribution in [2.75, 3.05) is 0 Å². The molecule has 1 saturated heterocycles. The molecule has 1 saturated carbocycles. The maximum atomic E-state index is 13.8. The van der Waals surface area contributed by atoms with Gasteiger partial charge in [0, 0.05) is 37.4 Å². The summed E-state index contributed by atoms with van der Waals surface area (Å²) in [5.41, 5.74) is 0. The summed E-state index contributed by atoms with van der Waals surface area (Å²) in [7, 11) is 0. The van der Waals surface area contributed by atoms with E-state index in [1.165, 1.54) is 29.0 Å². The number of urea groups is 1. The van der Waals surface area contributed by atoms with Gasteiger partial charge in [-0.2, -0.15) is 0 Å². The third-order valence-electron chi connectivity index (χ3n) is 6.72. The van der Waals surface area contributed by atoms with Gasteiger partial charge in [0.1, 0.15) is 5.78 Å². The topological polar surface area (TPSA) is 49.4 Å². The van der Waals surface area contributed by atoms with Crippen molar-refractivity contribution in [3.8, 4) is 0 Å². The van der Waals surface area contributed by atoms with Crippen LogP contribution in [0.1, 0.15) is 77.5 Å². The predicted molar refractivity (Wildman–Crippen MR) is 124 cm³/mol. The van der Waals surface area contributed by atoms with Gasteiger partial charge >= 0.3 is 6.03 Å². The van der Waals surface area contributed by atoms with Crippen LogP contribution >= 0.6 is 22.7 Å². The molecule has 3 heterocycles. The Kier molecular flexibility index (Phi) is 6.35. The third-order valence-corrected chi connectivity index (χ3v) is 8.86. The highest BCUT2D eigenvalue weighted by Crippen LogP contribution is 2.48. The quantitative estimate of drug-likeness (QED) is 0.595. The second-order valence-corrected chi connectivity index (χ2v) is 11.6. The van der Waals surface area contributed by atoms with Gasteiger partial charge in [-0.1, -0.05) is 33.1 Å². The van der Waals surface area contributed by atoms with E-state index in [0.29, 0.717) is 0 Å². The van der Waals surface area contributed by atoms with Gasteiger partial charge in [0.2, 0.25) is 0 Å². The minimum Gasteiger partial charge on any atom is -0.335 e. The zero-order valence-electron chi connectivity index (χ0n) is 18.3. The SMILES string of the molecule is Cc1ccc([C@@H]2[C@@H](C)C(=O)[C@@H](C)[C@H](c3ccc(C)s3)N2C(=O)NC2CCCCC2)s1. The number of ketones is 1. The standard InChI is InChI=1S/C24H32N2O2S2/c1-14-10-12-19(29-14)21-16(3)23(27)17(4)22(20-13-11-15(2)30-20)26(21)24(28)25-18-8-6-5-7-9-18/h10-13,16-18,21-22H,5-9H2,1-4H3,(H,25,28)/t16-,17+,21+,22-. The molecule has 4 nitrogen and oxygen atoms in total. The number of piperidine rings is 1. The Morgan fingerprint density at radius 3 is 1.83 bits per heavy atom. The first kappa shape index (κ1) is 21.6. The molecule has 2 aromatic heterocycles. The number of hydrogen-bond donors (Lipinski definition) is 1. The van der Waals surface area contributed by atoms with Crippen LogP contribution in [0.5, 0.6) is 0 Å². The molecule has 1 aliphatic carbocycles. The van der Waals surface area contributed by atoms with Crippen molar-refractivity contribution in [3.05, 3.63) is 43.8 Å². The van der Waals surface area contributed by atoms with Gasteiger partial charge in [0.05, 0.1) is 12.1 Å². The maximum absolute atomic E-state index is 13.8. The molecule has 0 aromatic carbocycles. The number of nitrogens with zero attached hydrogens (tertiary/aromatic N) is 1. The molecule has 30 heavy (non-hydrogen) atoms. The number of hydrogen-bond acceptors (Lipinski definition) is 4. The van der Waals surface area contributed by atoms with Gasteiger partial charge in [-0.25, -0.2) is 4.79 Å². The number of carbonyl (C=O) groups excluding carboxylic acids is 2. The number of amides is 2. The number of aryl methyl sites for hydroxylation is 2. The number of rotatable bonds is 3. The maximum Gasteiger partial charge on any atom is 0.318 e. The first-order valence-corrected chi connectivity index (χ1v) is 12.8. The van der Waals surface area contributed by atoms with Crippen molar-refractivity contribution >= 4 is 34.5 Å². The van der Waals surface area contributed by atoms with Crippen molar-refractivity contribution in [3.63, 3.8) is 0 Å². The highest BCUT2D eigenvalue weighted by Gasteiger charge is 2.49. The van der Waals surface area contributed by atoms with Crippen LogP contribution in [-0.4, -0.2) is 22.8 Å². The fourth-order valence-electron chi connectivity index (χ4n) is 5.12. The van der Waals surface area contributed by atoms with Gasteiger partial charge in [-0.3, -0.25) is 4.79 Å². The second kappa shape index (κ2) is 8.83. The minimum atomic E-state index is -0.219. The lowest BCUT2D eigenvalue weighted by molar-refractivity contribution is -0.135. The highest BCUT2D eigenvalue weighted by atomic mass is 32.1. The van der Waals surface area contributed by atoms with E-state index >= 15 is 0 Å². The smallest absolute Gasteiger partial charge is 0.318 e. The molecule has 2 aliphatic rings. The summed E-state index contributed by atoms with van der Waals surface area (Å²) in [5.74, 6) is -0.177. The molecule has 4 rings (SSSR count). The summed E-state index contributed by atoms with van der Waals surface area (Å²) in [6.07, 6.45) is 5.71. The Labute approximate surface area is 187 Å². The molecule has 162 valence electrons. The Morgan fingerprint density at radius 1 is 0.900 bits per heavy atom. The first-order chi connectivity index (χ1) is 14.4. The molecule has 0 radical (unpaired) electrons. The van der Waals surface area contributed by atoms with Crippen LogP contribution in [0, 0.1) is 25.7 Å². The fourth-order valence-corrected chi connectivity index (χ4v) is 7.29. The molecule has 6 heteroatoms. The summed E-state index contributed by atoms with van der Waals surface area (Å²) in [6, 6.07) is 8.18. The van der Waals surface area contributed by atoms with E-state index in [2.05, 4.69) is 43.4 Å². The van der Waals surface area contributed by atoms with Crippen molar-refractivity contribution < 1.29 is 9.59 Å². The van der Waals surface area contributed by atoms with E-state index in [1.807, 2.05) is 18.7 Å². The molecule has 1 N–H and O–H groups in total. The molecule has 0 spiro atoms. The Morgan fingerprint density at radius 2 is 1.40 bits per heavy atom. The van der Waals surface area contributed by atoms with Crippen molar-refractivity contribution in [1.29, 1.82) is 0 Å². The number of Topliss-reactive ketones (excluding diaryl/α,β-unsaturated/α-hetero) is 1. The van der Waals surface area contributed by atoms with Crippen LogP contribution in [0.15, 0.2) is 24.3 Å². The highest BCUT2D eigenvalue weighted by molar-refractivity contribution is 7.12. The predicted octanol–water partition coefficient (Wildman–Crippen LogP) is 6.41. The van der Waals surface area contributed by atoms with Gasteiger partial charge in [0.25, 0.3) is 0 Å². The van der Waals surface area contributed by atoms with Gasteiger partial charge in [0.15, 0.2) is 0 Å². The van der Waals surface area contributed by atoms with E-state index in [1.54, 1.807) is 22.7 Å². The van der Waals surface area contributed by atoms with Gasteiger partial charge in [-0.05, 0) is 51.0 Å². The fraction of sp³-hybridized carbons (Fsp3) is 0.583. The second-order valence-electron chi connectivity index (χ2n) is 8.96. The monoisotopic (exact) mass is 444 g/mol. The average Bonchev–Trinajstić information content (AvgIpc) is 3.34. The van der Waals surface area contributed by atoms with Crippen LogP contribution in [-0.2, 0) is 4.79 Å². The van der Waals surface area contributed by atoms with Gasteiger partial charge < -0.3 is 10.2 Å². The zero-order valence-corrected chi connectivity index (χ0v) is 19.9. The summed E-state index contributed by atoms with van der Waals surface area (Å²) in [6.45, 7) is 8.15. The molecule has 1 aliphatic heterocycles. The van der Waals surface area contributed by atoms with Crippen LogP contribution in [0.25, 0.3) is 0 Å². The van der Waals surface area contributed by atoms with E-state index in [9.17, 15) is 9.59 Å². The summed E-state index contributed by atoms with van der Waals surface area (Å²) < 4.78 is 0. The number of nitrogens with one attached hydrogen (secondary N) is 1. The third kappa shape index (κ3) is 4.09. The van der Waals surface area contributed by atoms with E-state index in [4.69, 9.17) is 0 Å². The number of likely N-dealkylation sites (tertiary alicyclic amines) is 1. The molecular weight excluding hydrogens is 412 g/mol. The molecule has 0 bridgehead atoms. The van der Waals surface area contributed by atoms with Gasteiger partial charge in [-0.15, -0.1) is 22.7 Å². The van der Waals surface area contributed by atoms with E-state index in [-0.39, 0.29) is 41.8 Å². The van der Waals surface area contributed by atoms with E-state index < -0.39 is 0 Å². The molecule has 4 atom stereocenters. The lowest BCUT2D eigenvalue weighted by Gasteiger charge is -2.47. The number of thiophene rings is 2. The lowest BCUT2D eigenvalue weighted by Crippen LogP contribution is -2.55. The average molecular weight is 445 g/mol. The first-order valence-electron chi connectivity index (χ1n) is 11.1. The summed E-state index contributed by atoms with van der Waals surface area (Å²) >= 11 is 3.40. The van der Waals surface area contributed by atoms with Crippen LogP contribution in [0.2, 0.25) is 0 Å². The molecular formula is C24H32N2O2S2. The summed E-state index contributed by atoms with van der Waals surface area (Å²) in [4.78, 5) is 33.7. The molecule has 2 aromatic rings. The van der Waals surface area contributed by atoms with Crippen molar-refractivity contribution in [2.45, 2.75) is 77.9 Å².